The molecule has 0 unspecified atom stereocenters. The molecule has 1 aliphatic rings. The fourth-order valence-electron chi connectivity index (χ4n) is 2.74. The molecule has 0 spiro atoms. The van der Waals surface area contributed by atoms with E-state index in [0.717, 1.165) is 0 Å². The van der Waals surface area contributed by atoms with E-state index in [9.17, 15) is 13.2 Å². The van der Waals surface area contributed by atoms with Gasteiger partial charge >= 0.3 is 6.18 Å². The van der Waals surface area contributed by atoms with Crippen LogP contribution in [0.5, 0.6) is 11.5 Å². The summed E-state index contributed by atoms with van der Waals surface area (Å²) in [5, 5.41) is 3.16. The normalized spacial score (nSPS) is 16.5. The largest absolute Gasteiger partial charge is 0.497 e. The van der Waals surface area contributed by atoms with Gasteiger partial charge < -0.3 is 14.8 Å². The van der Waals surface area contributed by atoms with Gasteiger partial charge in [-0.1, -0.05) is 6.07 Å². The number of hydrogen-bond donors (Lipinski definition) is 1. The molecule has 1 saturated heterocycles. The van der Waals surface area contributed by atoms with Crippen LogP contribution in [0.3, 0.4) is 0 Å². The first-order valence-electron chi connectivity index (χ1n) is 7.18. The molecule has 1 heterocycles. The standard InChI is InChI=1S/C15H21F3N2O2.2ClH/c1-21-11-3-4-12(14(9-11)22-2)13(10-15(16,17)18)20-7-5-19-6-8-20;;/h3-4,9,13,19H,5-8,10H2,1-2H3;2*1H/t13-;;/m0../s1. The van der Waals surface area contributed by atoms with Gasteiger partial charge in [-0.15, -0.1) is 24.8 Å². The molecule has 0 aromatic heterocycles. The molecule has 9 heteroatoms. The van der Waals surface area contributed by atoms with Crippen molar-refractivity contribution in [1.82, 2.24) is 10.2 Å². The SMILES string of the molecule is COc1ccc([C@H](CC(F)(F)F)N2CCNCC2)c(OC)c1.Cl.Cl. The molecule has 0 saturated carbocycles. The summed E-state index contributed by atoms with van der Waals surface area (Å²) < 4.78 is 49.5. The maximum Gasteiger partial charge on any atom is 0.390 e. The zero-order valence-electron chi connectivity index (χ0n) is 13.6. The summed E-state index contributed by atoms with van der Waals surface area (Å²) in [5.74, 6) is 0.985. The molecule has 1 atom stereocenters. The number of nitrogens with zero attached hydrogens (tertiary/aromatic N) is 1. The summed E-state index contributed by atoms with van der Waals surface area (Å²) in [5.41, 5.74) is 0.544. The van der Waals surface area contributed by atoms with Crippen molar-refractivity contribution in [2.24, 2.45) is 0 Å². The van der Waals surface area contributed by atoms with Gasteiger partial charge in [0, 0.05) is 43.9 Å². The van der Waals surface area contributed by atoms with Gasteiger partial charge in [0.05, 0.1) is 20.6 Å². The van der Waals surface area contributed by atoms with E-state index in [2.05, 4.69) is 5.32 Å². The molecule has 1 N–H and O–H groups in total. The van der Waals surface area contributed by atoms with Crippen LogP contribution in [0.1, 0.15) is 18.0 Å². The molecule has 1 aromatic carbocycles. The highest BCUT2D eigenvalue weighted by Crippen LogP contribution is 2.39. The van der Waals surface area contributed by atoms with E-state index >= 15 is 0 Å². The van der Waals surface area contributed by atoms with Gasteiger partial charge in [-0.2, -0.15) is 13.2 Å². The third kappa shape index (κ3) is 6.20. The lowest BCUT2D eigenvalue weighted by Crippen LogP contribution is -2.46. The molecule has 4 nitrogen and oxygen atoms in total. The molecule has 0 bridgehead atoms. The monoisotopic (exact) mass is 390 g/mol. The lowest BCUT2D eigenvalue weighted by atomic mass is 9.99. The predicted molar refractivity (Wildman–Crippen MR) is 91.9 cm³/mol. The van der Waals surface area contributed by atoms with Crippen molar-refractivity contribution in [2.45, 2.75) is 18.6 Å². The summed E-state index contributed by atoms with van der Waals surface area (Å²) in [6, 6.07) is 4.21. The van der Waals surface area contributed by atoms with Crippen molar-refractivity contribution in [3.8, 4) is 11.5 Å². The molecular weight excluding hydrogens is 368 g/mol. The summed E-state index contributed by atoms with van der Waals surface area (Å²) >= 11 is 0. The third-order valence-corrected chi connectivity index (χ3v) is 3.82. The van der Waals surface area contributed by atoms with E-state index in [1.54, 1.807) is 18.2 Å². The molecule has 0 amide bonds. The Morgan fingerprint density at radius 3 is 2.25 bits per heavy atom. The van der Waals surface area contributed by atoms with Crippen molar-refractivity contribution in [3.63, 3.8) is 0 Å². The number of nitrogens with one attached hydrogen (secondary N) is 1. The zero-order chi connectivity index (χ0) is 16.2. The van der Waals surface area contributed by atoms with E-state index < -0.39 is 18.6 Å². The summed E-state index contributed by atoms with van der Waals surface area (Å²) in [6.45, 7) is 2.53. The van der Waals surface area contributed by atoms with Gasteiger partial charge in [0.1, 0.15) is 11.5 Å². The molecule has 24 heavy (non-hydrogen) atoms. The zero-order valence-corrected chi connectivity index (χ0v) is 15.2. The second kappa shape index (κ2) is 10.2. The Morgan fingerprint density at radius 1 is 1.12 bits per heavy atom. The summed E-state index contributed by atoms with van der Waals surface area (Å²) in [7, 11) is 2.97. The van der Waals surface area contributed by atoms with Gasteiger partial charge in [-0.05, 0) is 6.07 Å². The first-order chi connectivity index (χ1) is 10.4. The van der Waals surface area contributed by atoms with Gasteiger partial charge in [-0.3, -0.25) is 4.90 Å². The van der Waals surface area contributed by atoms with Crippen LogP contribution in [-0.4, -0.2) is 51.5 Å². The van der Waals surface area contributed by atoms with Crippen molar-refractivity contribution in [1.29, 1.82) is 0 Å². The number of ether oxygens (including phenoxy) is 2. The molecule has 2 rings (SSSR count). The fourth-order valence-corrected chi connectivity index (χ4v) is 2.74. The van der Waals surface area contributed by atoms with Crippen LogP contribution in [0, 0.1) is 0 Å². The number of benzene rings is 1. The molecule has 140 valence electrons. The average Bonchev–Trinajstić information content (AvgIpc) is 2.52. The maximum absolute atomic E-state index is 13.0. The van der Waals surface area contributed by atoms with E-state index in [-0.39, 0.29) is 24.8 Å². The first-order valence-corrected chi connectivity index (χ1v) is 7.18. The fraction of sp³-hybridized carbons (Fsp3) is 0.600. The smallest absolute Gasteiger partial charge is 0.390 e. The Balaban J connectivity index is 0.00000264. The highest BCUT2D eigenvalue weighted by molar-refractivity contribution is 5.85. The summed E-state index contributed by atoms with van der Waals surface area (Å²) in [6.07, 6.45) is -5.13. The van der Waals surface area contributed by atoms with Crippen molar-refractivity contribution >= 4 is 24.8 Å². The van der Waals surface area contributed by atoms with Crippen LogP contribution in [0.25, 0.3) is 0 Å². The minimum Gasteiger partial charge on any atom is -0.497 e. The maximum atomic E-state index is 13.0. The quantitative estimate of drug-likeness (QED) is 0.834. The number of halogens is 5. The van der Waals surface area contributed by atoms with Crippen LogP contribution in [-0.2, 0) is 0 Å². The van der Waals surface area contributed by atoms with Crippen LogP contribution < -0.4 is 14.8 Å². The highest BCUT2D eigenvalue weighted by Gasteiger charge is 2.37. The first kappa shape index (κ1) is 23.1. The second-order valence-corrected chi connectivity index (χ2v) is 5.23. The molecule has 0 aliphatic carbocycles. The second-order valence-electron chi connectivity index (χ2n) is 5.23. The Morgan fingerprint density at radius 2 is 1.75 bits per heavy atom. The van der Waals surface area contributed by atoms with Gasteiger partial charge in [0.2, 0.25) is 0 Å². The Labute approximate surface area is 152 Å². The predicted octanol–water partition coefficient (Wildman–Crippen LogP) is 3.45. The van der Waals surface area contributed by atoms with E-state index in [1.165, 1.54) is 14.2 Å². The number of methoxy groups -OCH3 is 2. The Bertz CT molecular complexity index is 498. The van der Waals surface area contributed by atoms with Gasteiger partial charge in [0.25, 0.3) is 0 Å². The minimum absolute atomic E-state index is 0. The van der Waals surface area contributed by atoms with E-state index in [0.29, 0.717) is 43.2 Å². The number of rotatable bonds is 5. The Hall–Kier alpha value is -0.890. The van der Waals surface area contributed by atoms with Crippen molar-refractivity contribution in [2.75, 3.05) is 40.4 Å². The number of piperazine rings is 1. The molecule has 1 aliphatic heterocycles. The molecule has 1 fully saturated rings. The van der Waals surface area contributed by atoms with E-state index in [1.807, 2.05) is 4.90 Å². The number of alkyl halides is 3. The average molecular weight is 391 g/mol. The van der Waals surface area contributed by atoms with Crippen molar-refractivity contribution in [3.05, 3.63) is 23.8 Å². The Kier molecular flexibility index (Phi) is 9.80. The number of hydrogen-bond acceptors (Lipinski definition) is 4. The van der Waals surface area contributed by atoms with Crippen LogP contribution in [0.4, 0.5) is 13.2 Å². The summed E-state index contributed by atoms with van der Waals surface area (Å²) in [4.78, 5) is 1.86. The molecular formula is C15H23Cl2F3N2O2. The van der Waals surface area contributed by atoms with E-state index in [4.69, 9.17) is 9.47 Å². The molecule has 1 aromatic rings. The molecule has 0 radical (unpaired) electrons. The topological polar surface area (TPSA) is 33.7 Å². The van der Waals surface area contributed by atoms with Gasteiger partial charge in [-0.25, -0.2) is 0 Å². The lowest BCUT2D eigenvalue weighted by molar-refractivity contribution is -0.148. The lowest BCUT2D eigenvalue weighted by Gasteiger charge is -2.36. The van der Waals surface area contributed by atoms with Gasteiger partial charge in [0.15, 0.2) is 0 Å². The van der Waals surface area contributed by atoms with Crippen LogP contribution in [0.15, 0.2) is 18.2 Å². The minimum atomic E-state index is -4.24. The highest BCUT2D eigenvalue weighted by atomic mass is 35.5. The van der Waals surface area contributed by atoms with Crippen LogP contribution >= 0.6 is 24.8 Å². The van der Waals surface area contributed by atoms with Crippen LogP contribution in [0.2, 0.25) is 0 Å². The third-order valence-electron chi connectivity index (χ3n) is 3.82. The van der Waals surface area contributed by atoms with Crippen molar-refractivity contribution < 1.29 is 22.6 Å².